The Morgan fingerprint density at radius 1 is 1.31 bits per heavy atom. The summed E-state index contributed by atoms with van der Waals surface area (Å²) >= 11 is 1.58. The van der Waals surface area contributed by atoms with E-state index >= 15 is 0 Å². The van der Waals surface area contributed by atoms with Crippen molar-refractivity contribution in [3.63, 3.8) is 0 Å². The summed E-state index contributed by atoms with van der Waals surface area (Å²) in [5, 5.41) is 12.2. The van der Waals surface area contributed by atoms with Crippen LogP contribution in [0.5, 0.6) is 0 Å². The SMILES string of the molecule is CCSc1nc(NCCOC)c2cnn(CCNC(=O)C(C)(C)C)c2n1. The second kappa shape index (κ2) is 9.18. The number of carbonyl (C=O) groups is 1. The first-order valence-electron chi connectivity index (χ1n) is 8.74. The molecule has 2 aromatic heterocycles. The second-order valence-electron chi connectivity index (χ2n) is 6.82. The van der Waals surface area contributed by atoms with E-state index in [9.17, 15) is 4.79 Å². The summed E-state index contributed by atoms with van der Waals surface area (Å²) in [7, 11) is 1.67. The summed E-state index contributed by atoms with van der Waals surface area (Å²) in [5.74, 6) is 1.67. The number of nitrogens with one attached hydrogen (secondary N) is 2. The molecule has 0 aliphatic rings. The number of methoxy groups -OCH3 is 1. The first-order chi connectivity index (χ1) is 12.4. The van der Waals surface area contributed by atoms with E-state index in [1.807, 2.05) is 20.8 Å². The highest BCUT2D eigenvalue weighted by atomic mass is 32.2. The van der Waals surface area contributed by atoms with Crippen LogP contribution in [0.25, 0.3) is 11.0 Å². The first-order valence-corrected chi connectivity index (χ1v) is 9.72. The van der Waals surface area contributed by atoms with Gasteiger partial charge in [-0.3, -0.25) is 4.79 Å². The molecule has 0 aromatic carbocycles. The largest absolute Gasteiger partial charge is 0.383 e. The van der Waals surface area contributed by atoms with Crippen molar-refractivity contribution in [2.24, 2.45) is 5.41 Å². The van der Waals surface area contributed by atoms with E-state index in [2.05, 4.69) is 32.6 Å². The molecule has 0 unspecified atom stereocenters. The summed E-state index contributed by atoms with van der Waals surface area (Å²) in [6, 6.07) is 0. The monoisotopic (exact) mass is 380 g/mol. The van der Waals surface area contributed by atoms with E-state index in [0.29, 0.717) is 31.4 Å². The predicted octanol–water partition coefficient (Wildman–Crippen LogP) is 2.16. The van der Waals surface area contributed by atoms with E-state index in [-0.39, 0.29) is 5.91 Å². The zero-order valence-electron chi connectivity index (χ0n) is 16.1. The van der Waals surface area contributed by atoms with Crippen LogP contribution < -0.4 is 10.6 Å². The van der Waals surface area contributed by atoms with Gasteiger partial charge in [0.15, 0.2) is 10.8 Å². The first kappa shape index (κ1) is 20.4. The quantitative estimate of drug-likeness (QED) is 0.391. The number of rotatable bonds is 9. The van der Waals surface area contributed by atoms with Crippen molar-refractivity contribution in [1.82, 2.24) is 25.1 Å². The number of amides is 1. The lowest BCUT2D eigenvalue weighted by atomic mass is 9.96. The van der Waals surface area contributed by atoms with Gasteiger partial charge < -0.3 is 15.4 Å². The van der Waals surface area contributed by atoms with Gasteiger partial charge in [-0.05, 0) is 5.75 Å². The standard InChI is InChI=1S/C17H28N6O2S/c1-6-26-16-21-13(18-8-10-25-5)12-11-20-23(14(12)22-16)9-7-19-15(24)17(2,3)4/h11H,6-10H2,1-5H3,(H,19,24)(H,18,21,22). The molecule has 0 fully saturated rings. The molecule has 26 heavy (non-hydrogen) atoms. The fraction of sp³-hybridized carbons (Fsp3) is 0.647. The van der Waals surface area contributed by atoms with Crippen molar-refractivity contribution in [3.8, 4) is 0 Å². The zero-order chi connectivity index (χ0) is 19.2. The molecule has 0 atom stereocenters. The Labute approximate surface area is 158 Å². The summed E-state index contributed by atoms with van der Waals surface area (Å²) in [6.07, 6.45) is 1.76. The molecule has 0 radical (unpaired) electrons. The lowest BCUT2D eigenvalue weighted by Crippen LogP contribution is -2.36. The topological polar surface area (TPSA) is 94.0 Å². The summed E-state index contributed by atoms with van der Waals surface area (Å²) in [5.41, 5.74) is 0.360. The van der Waals surface area contributed by atoms with Crippen LogP contribution in [-0.4, -0.2) is 58.2 Å². The Morgan fingerprint density at radius 2 is 2.08 bits per heavy atom. The Hall–Kier alpha value is -1.87. The van der Waals surface area contributed by atoms with Crippen LogP contribution >= 0.6 is 11.8 Å². The number of hydrogen-bond donors (Lipinski definition) is 2. The van der Waals surface area contributed by atoms with Crippen molar-refractivity contribution in [2.45, 2.75) is 39.4 Å². The molecule has 0 aliphatic heterocycles. The normalized spacial score (nSPS) is 11.7. The predicted molar refractivity (Wildman–Crippen MR) is 105 cm³/mol. The third kappa shape index (κ3) is 5.31. The van der Waals surface area contributed by atoms with Gasteiger partial charge in [-0.1, -0.05) is 39.5 Å². The molecule has 2 heterocycles. The second-order valence-corrected chi connectivity index (χ2v) is 8.05. The van der Waals surface area contributed by atoms with Gasteiger partial charge in [-0.15, -0.1) is 0 Å². The number of thioether (sulfide) groups is 1. The summed E-state index contributed by atoms with van der Waals surface area (Å²) < 4.78 is 6.90. The van der Waals surface area contributed by atoms with E-state index < -0.39 is 5.41 Å². The molecular weight excluding hydrogens is 352 g/mol. The maximum atomic E-state index is 12.0. The van der Waals surface area contributed by atoms with Gasteiger partial charge in [-0.2, -0.15) is 5.10 Å². The fourth-order valence-corrected chi connectivity index (χ4v) is 2.80. The molecule has 0 saturated carbocycles. The Bertz CT molecular complexity index is 741. The lowest BCUT2D eigenvalue weighted by molar-refractivity contribution is -0.128. The van der Waals surface area contributed by atoms with Crippen LogP contribution in [0.15, 0.2) is 11.4 Å². The third-order valence-electron chi connectivity index (χ3n) is 3.64. The average Bonchev–Trinajstić information content (AvgIpc) is 2.98. The number of nitrogens with zero attached hydrogens (tertiary/aromatic N) is 4. The molecule has 9 heteroatoms. The van der Waals surface area contributed by atoms with Gasteiger partial charge in [0.2, 0.25) is 5.91 Å². The fourth-order valence-electron chi connectivity index (χ4n) is 2.24. The molecule has 0 saturated heterocycles. The van der Waals surface area contributed by atoms with E-state index in [1.165, 1.54) is 0 Å². The minimum absolute atomic E-state index is 0.0211. The maximum absolute atomic E-state index is 12.0. The number of ether oxygens (including phenoxy) is 1. The maximum Gasteiger partial charge on any atom is 0.225 e. The van der Waals surface area contributed by atoms with Gasteiger partial charge >= 0.3 is 0 Å². The Morgan fingerprint density at radius 3 is 2.73 bits per heavy atom. The molecule has 0 spiro atoms. The van der Waals surface area contributed by atoms with Crippen molar-refractivity contribution in [1.29, 1.82) is 0 Å². The molecule has 2 N–H and O–H groups in total. The van der Waals surface area contributed by atoms with Gasteiger partial charge in [0.05, 0.1) is 24.7 Å². The van der Waals surface area contributed by atoms with Gasteiger partial charge in [0.25, 0.3) is 0 Å². The van der Waals surface area contributed by atoms with Crippen LogP contribution in [0.1, 0.15) is 27.7 Å². The number of hydrogen-bond acceptors (Lipinski definition) is 7. The lowest BCUT2D eigenvalue weighted by Gasteiger charge is -2.17. The van der Waals surface area contributed by atoms with Crippen LogP contribution in [0.4, 0.5) is 5.82 Å². The van der Waals surface area contributed by atoms with Crippen molar-refractivity contribution in [2.75, 3.05) is 37.9 Å². The highest BCUT2D eigenvalue weighted by molar-refractivity contribution is 7.99. The highest BCUT2D eigenvalue weighted by Gasteiger charge is 2.20. The number of aromatic nitrogens is 4. The average molecular weight is 381 g/mol. The van der Waals surface area contributed by atoms with Crippen LogP contribution in [-0.2, 0) is 16.1 Å². The molecule has 2 rings (SSSR count). The van der Waals surface area contributed by atoms with E-state index in [1.54, 1.807) is 29.8 Å². The van der Waals surface area contributed by atoms with Crippen molar-refractivity contribution < 1.29 is 9.53 Å². The molecule has 2 aromatic rings. The van der Waals surface area contributed by atoms with E-state index in [0.717, 1.165) is 22.6 Å². The third-order valence-corrected chi connectivity index (χ3v) is 4.37. The van der Waals surface area contributed by atoms with E-state index in [4.69, 9.17) is 4.74 Å². The summed E-state index contributed by atoms with van der Waals surface area (Å²) in [6.45, 7) is 10.0. The smallest absolute Gasteiger partial charge is 0.225 e. The molecule has 0 aliphatic carbocycles. The molecular formula is C17H28N6O2S. The number of carbonyl (C=O) groups excluding carboxylic acids is 1. The Balaban J connectivity index is 2.18. The number of anilines is 1. The molecule has 8 nitrogen and oxygen atoms in total. The minimum Gasteiger partial charge on any atom is -0.383 e. The van der Waals surface area contributed by atoms with Gasteiger partial charge in [-0.25, -0.2) is 14.6 Å². The Kier molecular flexibility index (Phi) is 7.22. The van der Waals surface area contributed by atoms with Crippen molar-refractivity contribution >= 4 is 34.5 Å². The van der Waals surface area contributed by atoms with Crippen LogP contribution in [0.2, 0.25) is 0 Å². The number of fused-ring (bicyclic) bond motifs is 1. The van der Waals surface area contributed by atoms with Crippen LogP contribution in [0.3, 0.4) is 0 Å². The molecule has 0 bridgehead atoms. The molecule has 1 amide bonds. The minimum atomic E-state index is -0.405. The van der Waals surface area contributed by atoms with Crippen molar-refractivity contribution in [3.05, 3.63) is 6.20 Å². The molecule has 144 valence electrons. The van der Waals surface area contributed by atoms with Gasteiger partial charge in [0, 0.05) is 25.6 Å². The van der Waals surface area contributed by atoms with Crippen LogP contribution in [0, 0.1) is 5.41 Å². The summed E-state index contributed by atoms with van der Waals surface area (Å²) in [4.78, 5) is 21.2. The highest BCUT2D eigenvalue weighted by Crippen LogP contribution is 2.24. The zero-order valence-corrected chi connectivity index (χ0v) is 16.9. The van der Waals surface area contributed by atoms with Gasteiger partial charge in [0.1, 0.15) is 5.82 Å².